The third kappa shape index (κ3) is 6.71. The summed E-state index contributed by atoms with van der Waals surface area (Å²) in [7, 11) is 0. The van der Waals surface area contributed by atoms with Gasteiger partial charge in [-0.05, 0) is 57.1 Å². The van der Waals surface area contributed by atoms with Crippen LogP contribution in [0.3, 0.4) is 0 Å². The number of carbonyl (C=O) groups excluding carboxylic acids is 1. The van der Waals surface area contributed by atoms with Crippen LogP contribution in [0.5, 0.6) is 0 Å². The molecule has 4 rings (SSSR count). The second kappa shape index (κ2) is 12.9. The molecule has 0 aliphatic rings. The average Bonchev–Trinajstić information content (AvgIpc) is 2.89. The molecule has 0 aromatic heterocycles. The molecule has 4 heteroatoms. The Hall–Kier alpha value is -2.69. The molecule has 0 heterocycles. The van der Waals surface area contributed by atoms with Crippen molar-refractivity contribution in [2.24, 2.45) is 0 Å². The van der Waals surface area contributed by atoms with Crippen molar-refractivity contribution in [2.75, 3.05) is 13.2 Å². The van der Waals surface area contributed by atoms with Crippen molar-refractivity contribution in [3.63, 3.8) is 0 Å². The topological polar surface area (TPSA) is 66.8 Å². The maximum absolute atomic E-state index is 11.5. The fourth-order valence-corrected chi connectivity index (χ4v) is 5.15. The molecule has 0 saturated carbocycles. The first-order valence-corrected chi connectivity index (χ1v) is 13.3. The van der Waals surface area contributed by atoms with Crippen LogP contribution in [0.25, 0.3) is 32.3 Å². The van der Waals surface area contributed by atoms with Gasteiger partial charge < -0.3 is 14.9 Å². The Kier molecular flexibility index (Phi) is 9.33. The normalized spacial score (nSPS) is 12.6. The molecule has 0 radical (unpaired) electrons. The summed E-state index contributed by atoms with van der Waals surface area (Å²) < 4.78 is 4.91. The van der Waals surface area contributed by atoms with Crippen LogP contribution in [0, 0.1) is 0 Å². The average molecular weight is 475 g/mol. The molecule has 4 nitrogen and oxygen atoms in total. The molecule has 0 aliphatic carbocycles. The lowest BCUT2D eigenvalue weighted by Gasteiger charge is -2.14. The van der Waals surface area contributed by atoms with Gasteiger partial charge >= 0.3 is 5.97 Å². The number of rotatable bonds is 15. The third-order valence-corrected chi connectivity index (χ3v) is 7.09. The van der Waals surface area contributed by atoms with E-state index >= 15 is 0 Å². The van der Waals surface area contributed by atoms with E-state index in [4.69, 9.17) is 9.84 Å². The number of hydrogen-bond acceptors (Lipinski definition) is 4. The van der Waals surface area contributed by atoms with Gasteiger partial charge in [0.2, 0.25) is 0 Å². The summed E-state index contributed by atoms with van der Waals surface area (Å²) in [6.45, 7) is -0.501. The SMILES string of the molecule is O=C(CCCCCCCCCCCc1ccc2ccc3cccc4ccc1c2c34)OC[C@@H](O)CO. The molecule has 186 valence electrons. The van der Waals surface area contributed by atoms with Crippen molar-refractivity contribution < 1.29 is 19.7 Å². The number of ether oxygens (including phenoxy) is 1. The van der Waals surface area contributed by atoms with Gasteiger partial charge in [0.25, 0.3) is 0 Å². The molecular weight excluding hydrogens is 436 g/mol. The van der Waals surface area contributed by atoms with Crippen molar-refractivity contribution >= 4 is 38.3 Å². The fourth-order valence-electron chi connectivity index (χ4n) is 5.15. The zero-order chi connectivity index (χ0) is 24.5. The molecule has 0 fully saturated rings. The van der Waals surface area contributed by atoms with E-state index < -0.39 is 6.10 Å². The molecular formula is C31H38O4. The fraction of sp³-hybridized carbons (Fsp3) is 0.452. The van der Waals surface area contributed by atoms with Crippen LogP contribution in [0.15, 0.2) is 54.6 Å². The number of unbranched alkanes of at least 4 members (excludes halogenated alkanes) is 8. The summed E-state index contributed by atoms with van der Waals surface area (Å²) >= 11 is 0. The van der Waals surface area contributed by atoms with Crippen molar-refractivity contribution in [1.29, 1.82) is 0 Å². The molecule has 1 atom stereocenters. The molecule has 0 aliphatic heterocycles. The predicted molar refractivity (Wildman–Crippen MR) is 144 cm³/mol. The van der Waals surface area contributed by atoms with Crippen LogP contribution in [0.1, 0.15) is 69.8 Å². The number of esters is 1. The Morgan fingerprint density at radius 2 is 1.29 bits per heavy atom. The van der Waals surface area contributed by atoms with Crippen LogP contribution >= 0.6 is 0 Å². The summed E-state index contributed by atoms with van der Waals surface area (Å²) in [6, 6.07) is 20.3. The van der Waals surface area contributed by atoms with Gasteiger partial charge in [0, 0.05) is 6.42 Å². The van der Waals surface area contributed by atoms with E-state index in [2.05, 4.69) is 54.6 Å². The maximum atomic E-state index is 11.5. The molecule has 0 unspecified atom stereocenters. The highest BCUT2D eigenvalue weighted by Gasteiger charge is 2.10. The first-order valence-electron chi connectivity index (χ1n) is 13.3. The molecule has 2 N–H and O–H groups in total. The highest BCUT2D eigenvalue weighted by molar-refractivity contribution is 6.23. The Morgan fingerprint density at radius 3 is 1.97 bits per heavy atom. The van der Waals surface area contributed by atoms with Crippen molar-refractivity contribution in [2.45, 2.75) is 76.7 Å². The summed E-state index contributed by atoms with van der Waals surface area (Å²) in [5, 5.41) is 26.1. The Labute approximate surface area is 208 Å². The van der Waals surface area contributed by atoms with Gasteiger partial charge in [0.1, 0.15) is 12.7 Å². The molecule has 0 spiro atoms. The number of hydrogen-bond donors (Lipinski definition) is 2. The van der Waals surface area contributed by atoms with Gasteiger partial charge in [0.05, 0.1) is 6.61 Å². The van der Waals surface area contributed by atoms with Gasteiger partial charge in [0.15, 0.2) is 0 Å². The first-order chi connectivity index (χ1) is 17.2. The van der Waals surface area contributed by atoms with Gasteiger partial charge in [-0.2, -0.15) is 0 Å². The zero-order valence-electron chi connectivity index (χ0n) is 20.7. The minimum absolute atomic E-state index is 0.119. The maximum Gasteiger partial charge on any atom is 0.305 e. The van der Waals surface area contributed by atoms with E-state index in [1.165, 1.54) is 76.4 Å². The van der Waals surface area contributed by atoms with E-state index in [0.717, 1.165) is 25.7 Å². The minimum Gasteiger partial charge on any atom is -0.463 e. The van der Waals surface area contributed by atoms with Gasteiger partial charge in [-0.1, -0.05) is 99.5 Å². The van der Waals surface area contributed by atoms with E-state index in [-0.39, 0.29) is 19.2 Å². The van der Waals surface area contributed by atoms with Crippen molar-refractivity contribution in [3.8, 4) is 0 Å². The monoisotopic (exact) mass is 474 g/mol. The zero-order valence-corrected chi connectivity index (χ0v) is 20.7. The second-order valence-corrected chi connectivity index (χ2v) is 9.78. The summed E-state index contributed by atoms with van der Waals surface area (Å²) in [4.78, 5) is 11.5. The van der Waals surface area contributed by atoms with E-state index in [1.807, 2.05) is 0 Å². The minimum atomic E-state index is -0.972. The van der Waals surface area contributed by atoms with Crippen LogP contribution in [0.4, 0.5) is 0 Å². The lowest BCUT2D eigenvalue weighted by molar-refractivity contribution is -0.147. The highest BCUT2D eigenvalue weighted by Crippen LogP contribution is 2.36. The second-order valence-electron chi connectivity index (χ2n) is 9.78. The number of benzene rings is 4. The number of aliphatic hydroxyl groups is 2. The standard InChI is InChI=1S/C31H38O4/c32-21-27(33)22-35-29(34)14-9-7-5-3-1-2-4-6-8-11-23-15-16-26-18-17-24-12-10-13-25-19-20-28(23)31(26)30(24)25/h10,12-13,15-20,27,32-33H,1-9,11,14,21-22H2/t27-/m0/s1. The lowest BCUT2D eigenvalue weighted by Crippen LogP contribution is -2.21. The highest BCUT2D eigenvalue weighted by atomic mass is 16.5. The van der Waals surface area contributed by atoms with E-state index in [0.29, 0.717) is 6.42 Å². The van der Waals surface area contributed by atoms with Crippen LogP contribution in [-0.4, -0.2) is 35.5 Å². The van der Waals surface area contributed by atoms with Gasteiger partial charge in [-0.3, -0.25) is 4.79 Å². The van der Waals surface area contributed by atoms with Crippen LogP contribution < -0.4 is 0 Å². The Balaban J connectivity index is 1.11. The molecule has 4 aromatic rings. The van der Waals surface area contributed by atoms with Gasteiger partial charge in [-0.25, -0.2) is 0 Å². The molecule has 35 heavy (non-hydrogen) atoms. The number of carbonyl (C=O) groups is 1. The van der Waals surface area contributed by atoms with Gasteiger partial charge in [-0.15, -0.1) is 0 Å². The summed E-state index contributed by atoms with van der Waals surface area (Å²) in [6.07, 6.45) is 11.1. The molecule has 0 saturated heterocycles. The number of aryl methyl sites for hydroxylation is 1. The summed E-state index contributed by atoms with van der Waals surface area (Å²) in [5.41, 5.74) is 1.47. The van der Waals surface area contributed by atoms with E-state index in [9.17, 15) is 9.90 Å². The summed E-state index contributed by atoms with van der Waals surface area (Å²) in [5.74, 6) is -0.290. The van der Waals surface area contributed by atoms with Crippen LogP contribution in [0.2, 0.25) is 0 Å². The smallest absolute Gasteiger partial charge is 0.305 e. The third-order valence-electron chi connectivity index (χ3n) is 7.09. The predicted octanol–water partition coefficient (Wildman–Crippen LogP) is 6.92. The van der Waals surface area contributed by atoms with Crippen LogP contribution in [-0.2, 0) is 16.0 Å². The lowest BCUT2D eigenvalue weighted by atomic mass is 9.90. The van der Waals surface area contributed by atoms with Crippen molar-refractivity contribution in [1.82, 2.24) is 0 Å². The Bertz CT molecular complexity index is 1200. The van der Waals surface area contributed by atoms with Crippen molar-refractivity contribution in [3.05, 3.63) is 60.2 Å². The largest absolute Gasteiger partial charge is 0.463 e. The molecule has 0 bridgehead atoms. The number of aliphatic hydroxyl groups excluding tert-OH is 2. The Morgan fingerprint density at radius 1 is 0.714 bits per heavy atom. The molecule has 0 amide bonds. The first kappa shape index (κ1) is 25.4. The van der Waals surface area contributed by atoms with E-state index in [1.54, 1.807) is 0 Å². The quantitative estimate of drug-likeness (QED) is 0.111. The molecule has 4 aromatic carbocycles.